The third-order valence-electron chi connectivity index (χ3n) is 6.89. The van der Waals surface area contributed by atoms with E-state index >= 15 is 0 Å². The van der Waals surface area contributed by atoms with E-state index in [1.165, 1.54) is 0 Å². The van der Waals surface area contributed by atoms with Crippen LogP contribution < -0.4 is 15.4 Å². The zero-order valence-electron chi connectivity index (χ0n) is 23.9. The quantitative estimate of drug-likeness (QED) is 0.491. The number of urea groups is 1. The Morgan fingerprint density at radius 2 is 1.82 bits per heavy atom. The standard InChI is InChI=1S/C30H44N4O5/c1-21-18-34(22(2)20-35)29(36)26-17-25(32-30(37)31-24-12-7-6-8-13-24)14-15-27(26)39-23(3)11-9-10-16-38-28(21)19-33(4)5/h6-8,12-15,17,21-23,28,35H,9-11,16,18-20H2,1-5H3,(H2,31,32,37)/t21-,22+,23-,28-/m0/s1. The van der Waals surface area contributed by atoms with Gasteiger partial charge in [-0.15, -0.1) is 0 Å². The van der Waals surface area contributed by atoms with Gasteiger partial charge in [0.05, 0.1) is 30.4 Å². The van der Waals surface area contributed by atoms with E-state index in [-0.39, 0.29) is 30.6 Å². The summed E-state index contributed by atoms with van der Waals surface area (Å²) in [5.74, 6) is 0.218. The van der Waals surface area contributed by atoms with E-state index in [0.29, 0.717) is 35.8 Å². The van der Waals surface area contributed by atoms with Gasteiger partial charge >= 0.3 is 6.03 Å². The molecule has 1 aliphatic heterocycles. The molecule has 3 rings (SSSR count). The van der Waals surface area contributed by atoms with Crippen molar-refractivity contribution in [3.05, 3.63) is 54.1 Å². The molecule has 0 saturated carbocycles. The summed E-state index contributed by atoms with van der Waals surface area (Å²) >= 11 is 0. The first-order chi connectivity index (χ1) is 18.7. The Kier molecular flexibility index (Phi) is 11.6. The van der Waals surface area contributed by atoms with Crippen molar-refractivity contribution in [2.75, 3.05) is 51.0 Å². The number of benzene rings is 2. The first-order valence-electron chi connectivity index (χ1n) is 13.8. The van der Waals surface area contributed by atoms with Gasteiger partial charge < -0.3 is 35.0 Å². The number of para-hydroxylation sites is 1. The van der Waals surface area contributed by atoms with Crippen molar-refractivity contribution in [2.45, 2.75) is 58.3 Å². The summed E-state index contributed by atoms with van der Waals surface area (Å²) in [6.45, 7) is 7.50. The number of nitrogens with zero attached hydrogens (tertiary/aromatic N) is 2. The molecule has 0 spiro atoms. The number of ether oxygens (including phenoxy) is 2. The minimum Gasteiger partial charge on any atom is -0.490 e. The molecule has 0 radical (unpaired) electrons. The highest BCUT2D eigenvalue weighted by Gasteiger charge is 2.30. The second kappa shape index (κ2) is 14.9. The lowest BCUT2D eigenvalue weighted by atomic mass is 10.0. The number of aliphatic hydroxyl groups excluding tert-OH is 1. The molecule has 0 saturated heterocycles. The topological polar surface area (TPSA) is 103 Å². The van der Waals surface area contributed by atoms with Crippen LogP contribution in [0, 0.1) is 5.92 Å². The molecule has 3 N–H and O–H groups in total. The lowest BCUT2D eigenvalue weighted by molar-refractivity contribution is -0.0137. The largest absolute Gasteiger partial charge is 0.490 e. The number of hydrogen-bond acceptors (Lipinski definition) is 6. The summed E-state index contributed by atoms with van der Waals surface area (Å²) in [4.78, 5) is 30.5. The third-order valence-corrected chi connectivity index (χ3v) is 6.89. The van der Waals surface area contributed by atoms with Gasteiger partial charge in [-0.3, -0.25) is 4.79 Å². The van der Waals surface area contributed by atoms with Gasteiger partial charge in [0.25, 0.3) is 5.91 Å². The molecule has 9 heteroatoms. The number of rotatable bonds is 6. The maximum Gasteiger partial charge on any atom is 0.323 e. The number of amides is 3. The predicted octanol–water partition coefficient (Wildman–Crippen LogP) is 4.69. The molecule has 39 heavy (non-hydrogen) atoms. The molecule has 0 bridgehead atoms. The first-order valence-corrected chi connectivity index (χ1v) is 13.8. The average Bonchev–Trinajstić information content (AvgIpc) is 2.90. The zero-order valence-corrected chi connectivity index (χ0v) is 23.9. The Morgan fingerprint density at radius 3 is 2.51 bits per heavy atom. The van der Waals surface area contributed by atoms with E-state index in [1.54, 1.807) is 35.2 Å². The number of likely N-dealkylation sites (N-methyl/N-ethyl adjacent to an activating group) is 1. The Balaban J connectivity index is 1.93. The van der Waals surface area contributed by atoms with E-state index in [1.807, 2.05) is 46.1 Å². The highest BCUT2D eigenvalue weighted by atomic mass is 16.5. The van der Waals surface area contributed by atoms with Crippen molar-refractivity contribution < 1.29 is 24.2 Å². The molecule has 214 valence electrons. The van der Waals surface area contributed by atoms with Crippen LogP contribution in [-0.2, 0) is 4.74 Å². The molecule has 1 heterocycles. The molecule has 4 atom stereocenters. The lowest BCUT2D eigenvalue weighted by Crippen LogP contribution is -2.47. The summed E-state index contributed by atoms with van der Waals surface area (Å²) in [6.07, 6.45) is 2.51. The third kappa shape index (κ3) is 9.23. The summed E-state index contributed by atoms with van der Waals surface area (Å²) in [5, 5.41) is 15.7. The van der Waals surface area contributed by atoms with E-state index in [0.717, 1.165) is 25.8 Å². The van der Waals surface area contributed by atoms with E-state index in [2.05, 4.69) is 22.5 Å². The van der Waals surface area contributed by atoms with Crippen molar-refractivity contribution >= 4 is 23.3 Å². The molecule has 0 aliphatic carbocycles. The number of hydrogen-bond donors (Lipinski definition) is 3. The van der Waals surface area contributed by atoms with Crippen LogP contribution in [0.4, 0.5) is 16.2 Å². The Hall–Kier alpha value is -3.14. The van der Waals surface area contributed by atoms with E-state index < -0.39 is 12.1 Å². The molecular weight excluding hydrogens is 496 g/mol. The average molecular weight is 541 g/mol. The number of carbonyl (C=O) groups is 2. The Bertz CT molecular complexity index is 1060. The fourth-order valence-corrected chi connectivity index (χ4v) is 4.64. The van der Waals surface area contributed by atoms with Gasteiger partial charge in [0.2, 0.25) is 0 Å². The molecule has 2 aromatic carbocycles. The van der Waals surface area contributed by atoms with Crippen LogP contribution in [0.25, 0.3) is 0 Å². The van der Waals surface area contributed by atoms with Crippen molar-refractivity contribution in [3.63, 3.8) is 0 Å². The monoisotopic (exact) mass is 540 g/mol. The summed E-state index contributed by atoms with van der Waals surface area (Å²) in [7, 11) is 4.02. The molecule has 0 unspecified atom stereocenters. The Labute approximate surface area is 232 Å². The fourth-order valence-electron chi connectivity index (χ4n) is 4.64. The van der Waals surface area contributed by atoms with Gasteiger partial charge in [0.1, 0.15) is 5.75 Å². The highest BCUT2D eigenvalue weighted by Crippen LogP contribution is 2.28. The number of aliphatic hydroxyl groups is 1. The molecule has 0 fully saturated rings. The normalized spacial score (nSPS) is 21.9. The van der Waals surface area contributed by atoms with Gasteiger partial charge in [-0.1, -0.05) is 25.1 Å². The van der Waals surface area contributed by atoms with Crippen LogP contribution in [0.5, 0.6) is 5.75 Å². The maximum absolute atomic E-state index is 14.1. The van der Waals surface area contributed by atoms with Crippen molar-refractivity contribution in [2.24, 2.45) is 5.92 Å². The predicted molar refractivity (Wildman–Crippen MR) is 155 cm³/mol. The smallest absolute Gasteiger partial charge is 0.323 e. The maximum atomic E-state index is 14.1. The second-order valence-electron chi connectivity index (χ2n) is 10.7. The van der Waals surface area contributed by atoms with E-state index in [4.69, 9.17) is 9.47 Å². The molecule has 3 amide bonds. The number of anilines is 2. The van der Waals surface area contributed by atoms with Crippen LogP contribution in [0.15, 0.2) is 48.5 Å². The summed E-state index contributed by atoms with van der Waals surface area (Å²) in [5.41, 5.74) is 1.47. The molecule has 1 aliphatic rings. The van der Waals surface area contributed by atoms with Gasteiger partial charge in [-0.05, 0) is 77.5 Å². The molecule has 2 aromatic rings. The van der Waals surface area contributed by atoms with Crippen LogP contribution in [0.3, 0.4) is 0 Å². The number of fused-ring (bicyclic) bond motifs is 1. The lowest BCUT2D eigenvalue weighted by Gasteiger charge is -2.35. The van der Waals surface area contributed by atoms with Crippen molar-refractivity contribution in [1.82, 2.24) is 9.80 Å². The SMILES string of the molecule is C[C@H](CO)N1C[C@H](C)[C@H](CN(C)C)OCCCC[C@H](C)Oc2ccc(NC(=O)Nc3ccccc3)cc2C1=O. The molecular formula is C30H44N4O5. The van der Waals surface area contributed by atoms with Crippen molar-refractivity contribution in [3.8, 4) is 5.75 Å². The van der Waals surface area contributed by atoms with Gasteiger partial charge in [0.15, 0.2) is 0 Å². The van der Waals surface area contributed by atoms with Crippen LogP contribution in [-0.4, -0.2) is 85.5 Å². The minimum absolute atomic E-state index is 0.0227. The van der Waals surface area contributed by atoms with Gasteiger partial charge in [-0.2, -0.15) is 0 Å². The fraction of sp³-hybridized carbons (Fsp3) is 0.533. The van der Waals surface area contributed by atoms with Crippen LogP contribution in [0.2, 0.25) is 0 Å². The highest BCUT2D eigenvalue weighted by molar-refractivity contribution is 6.02. The minimum atomic E-state index is -0.420. The molecule has 9 nitrogen and oxygen atoms in total. The summed E-state index contributed by atoms with van der Waals surface area (Å²) in [6, 6.07) is 13.4. The van der Waals surface area contributed by atoms with E-state index in [9.17, 15) is 14.7 Å². The van der Waals surface area contributed by atoms with Gasteiger partial charge in [0, 0.05) is 37.0 Å². The summed E-state index contributed by atoms with van der Waals surface area (Å²) < 4.78 is 12.5. The van der Waals surface area contributed by atoms with Crippen molar-refractivity contribution in [1.29, 1.82) is 0 Å². The van der Waals surface area contributed by atoms with Gasteiger partial charge in [-0.25, -0.2) is 4.79 Å². The zero-order chi connectivity index (χ0) is 28.4. The second-order valence-corrected chi connectivity index (χ2v) is 10.7. The Morgan fingerprint density at radius 1 is 1.10 bits per heavy atom. The molecule has 0 aromatic heterocycles. The van der Waals surface area contributed by atoms with Crippen LogP contribution >= 0.6 is 0 Å². The van der Waals surface area contributed by atoms with Crippen LogP contribution in [0.1, 0.15) is 50.4 Å². The number of nitrogens with one attached hydrogen (secondary N) is 2. The number of carbonyl (C=O) groups excluding carboxylic acids is 2. The first kappa shape index (κ1) is 30.4.